The molecule has 0 aliphatic carbocycles. The van der Waals surface area contributed by atoms with Crippen molar-refractivity contribution >= 4 is 5.91 Å². The average molecular weight is 321 g/mol. The number of nitrogens with one attached hydrogen (secondary N) is 1. The lowest BCUT2D eigenvalue weighted by Crippen LogP contribution is -2.32. The van der Waals surface area contributed by atoms with Gasteiger partial charge in [0.15, 0.2) is 0 Å². The molecule has 0 heterocycles. The predicted octanol–water partition coefficient (Wildman–Crippen LogP) is 4.46. The number of carbonyl (C=O) groups excluding carboxylic acids is 1. The van der Waals surface area contributed by atoms with E-state index in [-0.39, 0.29) is 17.5 Å². The third-order valence-electron chi connectivity index (χ3n) is 3.56. The van der Waals surface area contributed by atoms with E-state index >= 15 is 0 Å². The first-order valence-electron chi connectivity index (χ1n) is 7.38. The Bertz CT molecular complexity index is 636. The Kier molecular flexibility index (Phi) is 5.42. The van der Waals surface area contributed by atoms with E-state index in [9.17, 15) is 18.0 Å². The summed E-state index contributed by atoms with van der Waals surface area (Å²) in [6.07, 6.45) is -2.80. The summed E-state index contributed by atoms with van der Waals surface area (Å²) in [6.45, 7) is 1.88. The van der Waals surface area contributed by atoms with Crippen LogP contribution < -0.4 is 5.32 Å². The molecule has 0 aliphatic rings. The van der Waals surface area contributed by atoms with Crippen molar-refractivity contribution in [2.75, 3.05) is 0 Å². The van der Waals surface area contributed by atoms with Crippen molar-refractivity contribution in [2.24, 2.45) is 0 Å². The molecule has 1 amide bonds. The summed E-state index contributed by atoms with van der Waals surface area (Å²) < 4.78 is 37.5. The second kappa shape index (κ2) is 7.31. The number of alkyl halides is 3. The van der Waals surface area contributed by atoms with Crippen molar-refractivity contribution < 1.29 is 18.0 Å². The largest absolute Gasteiger partial charge is 0.416 e. The van der Waals surface area contributed by atoms with E-state index in [0.29, 0.717) is 0 Å². The molecule has 0 fully saturated rings. The monoisotopic (exact) mass is 321 g/mol. The quantitative estimate of drug-likeness (QED) is 0.866. The number of hydrogen-bond donors (Lipinski definition) is 1. The van der Waals surface area contributed by atoms with Crippen LogP contribution in [0.4, 0.5) is 13.2 Å². The van der Waals surface area contributed by atoms with Crippen molar-refractivity contribution in [2.45, 2.75) is 32.0 Å². The molecule has 1 N–H and O–H groups in total. The number of benzene rings is 2. The SMILES string of the molecule is C[C@@H](CCc1ccccc1)NC(=O)c1ccc(C(F)(F)F)cc1. The van der Waals surface area contributed by atoms with Gasteiger partial charge in [-0.2, -0.15) is 13.2 Å². The fraction of sp³-hybridized carbons (Fsp3) is 0.278. The Hall–Kier alpha value is -2.30. The lowest BCUT2D eigenvalue weighted by atomic mass is 10.1. The van der Waals surface area contributed by atoms with Crippen molar-refractivity contribution in [3.63, 3.8) is 0 Å². The zero-order valence-electron chi connectivity index (χ0n) is 12.7. The summed E-state index contributed by atoms with van der Waals surface area (Å²) in [4.78, 5) is 12.0. The van der Waals surface area contributed by atoms with Crippen LogP contribution in [0, 0.1) is 0 Å². The molecule has 1 atom stereocenters. The van der Waals surface area contributed by atoms with Crippen LogP contribution in [0.3, 0.4) is 0 Å². The van der Waals surface area contributed by atoms with Crippen LogP contribution in [-0.2, 0) is 12.6 Å². The molecule has 0 saturated heterocycles. The Labute approximate surface area is 133 Å². The first-order chi connectivity index (χ1) is 10.9. The highest BCUT2D eigenvalue weighted by Crippen LogP contribution is 2.29. The number of hydrogen-bond acceptors (Lipinski definition) is 1. The maximum absolute atomic E-state index is 12.5. The number of rotatable bonds is 5. The standard InChI is InChI=1S/C18H18F3NO/c1-13(7-8-14-5-3-2-4-6-14)22-17(23)15-9-11-16(12-10-15)18(19,20)21/h2-6,9-13H,7-8H2,1H3,(H,22,23)/t13-/m0/s1. The van der Waals surface area contributed by atoms with Gasteiger partial charge >= 0.3 is 6.18 Å². The summed E-state index contributed by atoms with van der Waals surface area (Å²) >= 11 is 0. The fourth-order valence-electron chi connectivity index (χ4n) is 2.22. The first-order valence-corrected chi connectivity index (χ1v) is 7.38. The smallest absolute Gasteiger partial charge is 0.350 e. The molecule has 122 valence electrons. The van der Waals surface area contributed by atoms with Crippen LogP contribution in [-0.4, -0.2) is 11.9 Å². The highest BCUT2D eigenvalue weighted by atomic mass is 19.4. The number of carbonyl (C=O) groups is 1. The number of amides is 1. The minimum absolute atomic E-state index is 0.0648. The van der Waals surface area contributed by atoms with E-state index in [2.05, 4.69) is 5.32 Å². The molecule has 0 aliphatic heterocycles. The van der Waals surface area contributed by atoms with E-state index in [1.807, 2.05) is 37.3 Å². The molecule has 0 unspecified atom stereocenters. The summed E-state index contributed by atoms with van der Waals surface area (Å²) in [7, 11) is 0. The normalized spacial score (nSPS) is 12.7. The molecule has 2 nitrogen and oxygen atoms in total. The molecule has 5 heteroatoms. The van der Waals surface area contributed by atoms with Gasteiger partial charge in [0, 0.05) is 11.6 Å². The van der Waals surface area contributed by atoms with E-state index in [1.165, 1.54) is 17.7 Å². The third-order valence-corrected chi connectivity index (χ3v) is 3.56. The van der Waals surface area contributed by atoms with Crippen LogP contribution in [0.15, 0.2) is 54.6 Å². The van der Waals surface area contributed by atoms with Gasteiger partial charge in [0.05, 0.1) is 5.56 Å². The van der Waals surface area contributed by atoms with E-state index in [4.69, 9.17) is 0 Å². The van der Waals surface area contributed by atoms with Crippen LogP contribution in [0.25, 0.3) is 0 Å². The van der Waals surface area contributed by atoms with Crippen molar-refractivity contribution in [3.05, 3.63) is 71.3 Å². The number of aryl methyl sites for hydroxylation is 1. The van der Waals surface area contributed by atoms with Crippen LogP contribution in [0.5, 0.6) is 0 Å². The Morgan fingerprint density at radius 1 is 1.04 bits per heavy atom. The Morgan fingerprint density at radius 3 is 2.22 bits per heavy atom. The molecule has 0 aromatic heterocycles. The third kappa shape index (κ3) is 5.13. The van der Waals surface area contributed by atoms with Crippen molar-refractivity contribution in [3.8, 4) is 0 Å². The molecule has 0 saturated carbocycles. The lowest BCUT2D eigenvalue weighted by Gasteiger charge is -2.14. The van der Waals surface area contributed by atoms with Gasteiger partial charge in [-0.25, -0.2) is 0 Å². The van der Waals surface area contributed by atoms with Gasteiger partial charge in [-0.15, -0.1) is 0 Å². The molecule has 0 bridgehead atoms. The summed E-state index contributed by atoms with van der Waals surface area (Å²) in [5.74, 6) is -0.362. The first kappa shape index (κ1) is 17.1. The second-order valence-electron chi connectivity index (χ2n) is 5.47. The Balaban J connectivity index is 1.88. The second-order valence-corrected chi connectivity index (χ2v) is 5.47. The minimum atomic E-state index is -4.39. The summed E-state index contributed by atoms with van der Waals surface area (Å²) in [5.41, 5.74) is 0.652. The number of halogens is 3. The maximum atomic E-state index is 12.5. The highest BCUT2D eigenvalue weighted by Gasteiger charge is 2.30. The van der Waals surface area contributed by atoms with E-state index < -0.39 is 11.7 Å². The average Bonchev–Trinajstić information content (AvgIpc) is 2.53. The van der Waals surface area contributed by atoms with E-state index in [0.717, 1.165) is 25.0 Å². The van der Waals surface area contributed by atoms with Gasteiger partial charge in [0.1, 0.15) is 0 Å². The minimum Gasteiger partial charge on any atom is -0.350 e. The van der Waals surface area contributed by atoms with Crippen LogP contribution >= 0.6 is 0 Å². The van der Waals surface area contributed by atoms with Gasteiger partial charge < -0.3 is 5.32 Å². The molecule has 0 spiro atoms. The lowest BCUT2D eigenvalue weighted by molar-refractivity contribution is -0.137. The molecular weight excluding hydrogens is 303 g/mol. The molecular formula is C18H18F3NO. The van der Waals surface area contributed by atoms with Gasteiger partial charge in [-0.1, -0.05) is 30.3 Å². The summed E-state index contributed by atoms with van der Waals surface area (Å²) in [5, 5.41) is 2.80. The van der Waals surface area contributed by atoms with Gasteiger partial charge in [-0.3, -0.25) is 4.79 Å². The molecule has 2 rings (SSSR count). The molecule has 2 aromatic carbocycles. The molecule has 0 radical (unpaired) electrons. The highest BCUT2D eigenvalue weighted by molar-refractivity contribution is 5.94. The van der Waals surface area contributed by atoms with Gasteiger partial charge in [-0.05, 0) is 49.6 Å². The van der Waals surface area contributed by atoms with Crippen molar-refractivity contribution in [1.29, 1.82) is 0 Å². The Morgan fingerprint density at radius 2 is 1.65 bits per heavy atom. The van der Waals surface area contributed by atoms with Gasteiger partial charge in [0.25, 0.3) is 5.91 Å². The fourth-order valence-corrected chi connectivity index (χ4v) is 2.22. The molecule has 23 heavy (non-hydrogen) atoms. The maximum Gasteiger partial charge on any atom is 0.416 e. The molecule has 2 aromatic rings. The summed E-state index contributed by atoms with van der Waals surface area (Å²) in [6, 6.07) is 14.1. The predicted molar refractivity (Wildman–Crippen MR) is 83.1 cm³/mol. The van der Waals surface area contributed by atoms with Crippen molar-refractivity contribution in [1.82, 2.24) is 5.32 Å². The van der Waals surface area contributed by atoms with E-state index in [1.54, 1.807) is 0 Å². The zero-order chi connectivity index (χ0) is 16.9. The van der Waals surface area contributed by atoms with Crippen LogP contribution in [0.1, 0.15) is 34.8 Å². The zero-order valence-corrected chi connectivity index (χ0v) is 12.7. The topological polar surface area (TPSA) is 29.1 Å². The van der Waals surface area contributed by atoms with Crippen LogP contribution in [0.2, 0.25) is 0 Å². The van der Waals surface area contributed by atoms with Gasteiger partial charge in [0.2, 0.25) is 0 Å².